The van der Waals surface area contributed by atoms with Gasteiger partial charge in [-0.3, -0.25) is 9.20 Å². The SMILES string of the molecule is O=C(NCc1ccc(C(F)(F)F)cc1)c1nc2c(C(F)(F)F)cc(-c3ccco3)cn2c1Cl. The van der Waals surface area contributed by atoms with Crippen LogP contribution in [0.4, 0.5) is 26.3 Å². The highest BCUT2D eigenvalue weighted by molar-refractivity contribution is 6.33. The Bertz CT molecular complexity index is 1310. The third kappa shape index (κ3) is 4.54. The molecule has 172 valence electrons. The molecule has 5 nitrogen and oxygen atoms in total. The van der Waals surface area contributed by atoms with Crippen LogP contribution in [0.1, 0.15) is 27.2 Å². The van der Waals surface area contributed by atoms with Gasteiger partial charge in [0.25, 0.3) is 5.91 Å². The number of hydrogen-bond acceptors (Lipinski definition) is 3. The summed E-state index contributed by atoms with van der Waals surface area (Å²) in [4.78, 5) is 16.3. The van der Waals surface area contributed by atoms with Gasteiger partial charge in [-0.2, -0.15) is 26.3 Å². The summed E-state index contributed by atoms with van der Waals surface area (Å²) >= 11 is 6.18. The van der Waals surface area contributed by atoms with E-state index in [1.165, 1.54) is 36.7 Å². The molecule has 0 bridgehead atoms. The summed E-state index contributed by atoms with van der Waals surface area (Å²) in [5, 5.41) is 2.03. The van der Waals surface area contributed by atoms with Crippen molar-refractivity contribution in [3.05, 3.63) is 82.5 Å². The minimum atomic E-state index is -4.80. The van der Waals surface area contributed by atoms with Crippen LogP contribution in [-0.2, 0) is 18.9 Å². The fourth-order valence-electron chi connectivity index (χ4n) is 3.13. The number of benzene rings is 1. The van der Waals surface area contributed by atoms with Crippen LogP contribution in [0.3, 0.4) is 0 Å². The van der Waals surface area contributed by atoms with Gasteiger partial charge < -0.3 is 9.73 Å². The van der Waals surface area contributed by atoms with E-state index in [0.29, 0.717) is 5.56 Å². The van der Waals surface area contributed by atoms with Crippen LogP contribution in [-0.4, -0.2) is 15.3 Å². The minimum absolute atomic E-state index is 0.0656. The lowest BCUT2D eigenvalue weighted by Crippen LogP contribution is -2.23. The standard InChI is InChI=1S/C21H12ClF6N3O2/c22-17-16(19(32)29-9-11-3-5-13(6-4-11)20(23,24)25)30-18-14(21(26,27)28)8-12(10-31(17)18)15-2-1-7-33-15/h1-8,10H,9H2,(H,29,32). The average Bonchev–Trinajstić information content (AvgIpc) is 3.39. The van der Waals surface area contributed by atoms with Gasteiger partial charge in [0.1, 0.15) is 10.9 Å². The molecule has 1 N–H and O–H groups in total. The predicted molar refractivity (Wildman–Crippen MR) is 106 cm³/mol. The molecule has 3 heterocycles. The first-order valence-corrected chi connectivity index (χ1v) is 9.60. The summed E-state index contributed by atoms with van der Waals surface area (Å²) in [6.45, 7) is -0.190. The topological polar surface area (TPSA) is 59.5 Å². The Labute approximate surface area is 186 Å². The second kappa shape index (κ2) is 8.14. The third-order valence-corrected chi connectivity index (χ3v) is 5.08. The largest absolute Gasteiger partial charge is 0.464 e. The van der Waals surface area contributed by atoms with Gasteiger partial charge in [-0.15, -0.1) is 0 Å². The van der Waals surface area contributed by atoms with Gasteiger partial charge in [0.2, 0.25) is 0 Å². The molecular formula is C21H12ClF6N3O2. The maximum Gasteiger partial charge on any atom is 0.420 e. The Balaban J connectivity index is 1.65. The highest BCUT2D eigenvalue weighted by atomic mass is 35.5. The van der Waals surface area contributed by atoms with Gasteiger partial charge in [-0.25, -0.2) is 4.98 Å². The van der Waals surface area contributed by atoms with Crippen molar-refractivity contribution in [2.45, 2.75) is 18.9 Å². The number of amides is 1. The van der Waals surface area contributed by atoms with E-state index in [9.17, 15) is 31.1 Å². The number of carbonyl (C=O) groups excluding carboxylic acids is 1. The molecule has 0 fully saturated rings. The summed E-state index contributed by atoms with van der Waals surface area (Å²) < 4.78 is 85.0. The Morgan fingerprint density at radius 1 is 1.06 bits per heavy atom. The number of carbonyl (C=O) groups is 1. The summed E-state index contributed by atoms with van der Waals surface area (Å²) in [5.74, 6) is -0.739. The first kappa shape index (κ1) is 22.7. The molecule has 4 aromatic rings. The van der Waals surface area contributed by atoms with E-state index in [0.717, 1.165) is 22.6 Å². The van der Waals surface area contributed by atoms with Crippen LogP contribution < -0.4 is 5.32 Å². The highest BCUT2D eigenvalue weighted by Gasteiger charge is 2.36. The average molecular weight is 488 g/mol. The lowest BCUT2D eigenvalue weighted by molar-refractivity contribution is -0.138. The number of hydrogen-bond donors (Lipinski definition) is 1. The summed E-state index contributed by atoms with van der Waals surface area (Å²) in [5.41, 5.74) is -2.62. The van der Waals surface area contributed by atoms with Crippen molar-refractivity contribution in [1.29, 1.82) is 0 Å². The number of furan rings is 1. The molecule has 0 aliphatic rings. The molecule has 0 radical (unpaired) electrons. The van der Waals surface area contributed by atoms with Crippen molar-refractivity contribution in [3.8, 4) is 11.3 Å². The molecule has 4 rings (SSSR count). The van der Waals surface area contributed by atoms with Crippen LogP contribution in [0.25, 0.3) is 17.0 Å². The van der Waals surface area contributed by atoms with Gasteiger partial charge in [-0.1, -0.05) is 23.7 Å². The summed E-state index contributed by atoms with van der Waals surface area (Å²) in [6.07, 6.45) is -6.75. The maximum absolute atomic E-state index is 13.7. The fraction of sp³-hybridized carbons (Fsp3) is 0.143. The van der Waals surface area contributed by atoms with Gasteiger partial charge in [0.05, 0.1) is 17.4 Å². The lowest BCUT2D eigenvalue weighted by Gasteiger charge is -2.10. The zero-order chi connectivity index (χ0) is 24.0. The van der Waals surface area contributed by atoms with Gasteiger partial charge in [-0.05, 0) is 35.9 Å². The van der Waals surface area contributed by atoms with E-state index in [1.54, 1.807) is 0 Å². The van der Waals surface area contributed by atoms with Crippen LogP contribution >= 0.6 is 11.6 Å². The van der Waals surface area contributed by atoms with Crippen molar-refractivity contribution in [3.63, 3.8) is 0 Å². The van der Waals surface area contributed by atoms with E-state index >= 15 is 0 Å². The van der Waals surface area contributed by atoms with Crippen molar-refractivity contribution in [2.24, 2.45) is 0 Å². The number of nitrogens with zero attached hydrogens (tertiary/aromatic N) is 2. The normalized spacial score (nSPS) is 12.3. The second-order valence-corrected chi connectivity index (χ2v) is 7.30. The molecule has 0 atom stereocenters. The number of aromatic nitrogens is 2. The fourth-order valence-corrected chi connectivity index (χ4v) is 3.38. The summed E-state index contributed by atoms with van der Waals surface area (Å²) in [6, 6.07) is 7.85. The first-order chi connectivity index (χ1) is 15.4. The van der Waals surface area contributed by atoms with Crippen LogP contribution in [0, 0.1) is 0 Å². The van der Waals surface area contributed by atoms with Gasteiger partial charge in [0, 0.05) is 18.3 Å². The van der Waals surface area contributed by atoms with E-state index in [4.69, 9.17) is 16.0 Å². The molecule has 12 heteroatoms. The van der Waals surface area contributed by atoms with Crippen molar-refractivity contribution in [2.75, 3.05) is 0 Å². The minimum Gasteiger partial charge on any atom is -0.464 e. The van der Waals surface area contributed by atoms with Crippen molar-refractivity contribution in [1.82, 2.24) is 14.7 Å². The number of rotatable bonds is 4. The summed E-state index contributed by atoms with van der Waals surface area (Å²) in [7, 11) is 0. The molecule has 3 aromatic heterocycles. The molecule has 33 heavy (non-hydrogen) atoms. The van der Waals surface area contributed by atoms with Gasteiger partial charge >= 0.3 is 12.4 Å². The predicted octanol–water partition coefficient (Wildman–Crippen LogP) is 6.22. The smallest absolute Gasteiger partial charge is 0.420 e. The van der Waals surface area contributed by atoms with Gasteiger partial charge in [0.15, 0.2) is 11.3 Å². The zero-order valence-corrected chi connectivity index (χ0v) is 17.0. The van der Waals surface area contributed by atoms with E-state index in [1.807, 2.05) is 0 Å². The maximum atomic E-state index is 13.7. The molecule has 0 aliphatic carbocycles. The molecule has 0 unspecified atom stereocenters. The molecule has 0 saturated carbocycles. The number of nitrogens with one attached hydrogen (secondary N) is 1. The monoisotopic (exact) mass is 487 g/mol. The molecule has 0 spiro atoms. The Morgan fingerprint density at radius 3 is 2.33 bits per heavy atom. The number of halogens is 7. The van der Waals surface area contributed by atoms with Crippen LogP contribution in [0.2, 0.25) is 5.15 Å². The molecule has 0 saturated heterocycles. The molecule has 0 aliphatic heterocycles. The molecular weight excluding hydrogens is 476 g/mol. The lowest BCUT2D eigenvalue weighted by atomic mass is 10.1. The Morgan fingerprint density at radius 2 is 1.76 bits per heavy atom. The molecule has 1 aromatic carbocycles. The first-order valence-electron chi connectivity index (χ1n) is 9.22. The number of pyridine rings is 1. The van der Waals surface area contributed by atoms with E-state index < -0.39 is 40.7 Å². The Hall–Kier alpha value is -3.47. The quantitative estimate of drug-likeness (QED) is 0.348. The van der Waals surface area contributed by atoms with E-state index in [-0.39, 0.29) is 23.0 Å². The highest BCUT2D eigenvalue weighted by Crippen LogP contribution is 2.37. The van der Waals surface area contributed by atoms with Crippen LogP contribution in [0.15, 0.2) is 59.3 Å². The van der Waals surface area contributed by atoms with Crippen LogP contribution in [0.5, 0.6) is 0 Å². The van der Waals surface area contributed by atoms with E-state index in [2.05, 4.69) is 10.3 Å². The van der Waals surface area contributed by atoms with Crippen molar-refractivity contribution >= 4 is 23.2 Å². The second-order valence-electron chi connectivity index (χ2n) is 6.94. The number of fused-ring (bicyclic) bond motifs is 1. The third-order valence-electron chi connectivity index (χ3n) is 4.72. The zero-order valence-electron chi connectivity index (χ0n) is 16.3. The number of alkyl halides is 6. The van der Waals surface area contributed by atoms with Crippen molar-refractivity contribution < 1.29 is 35.6 Å². The molecule has 1 amide bonds. The number of imidazole rings is 1. The Kier molecular flexibility index (Phi) is 5.61.